The first-order chi connectivity index (χ1) is 15.2. The Morgan fingerprint density at radius 1 is 1.06 bits per heavy atom. The van der Waals surface area contributed by atoms with E-state index < -0.39 is 22.8 Å². The predicted octanol–water partition coefficient (Wildman–Crippen LogP) is 1.74. The summed E-state index contributed by atoms with van der Waals surface area (Å²) in [6.45, 7) is 0. The van der Waals surface area contributed by atoms with Crippen LogP contribution in [0, 0.1) is 10.1 Å². The molecular formula is C20H13N5O6S. The fraction of sp³-hybridized carbons (Fsp3) is 0.0500. The Balaban J connectivity index is 1.74. The Bertz CT molecular complexity index is 1410. The molecule has 0 atom stereocenters. The molecule has 0 bridgehead atoms. The number of nitrogens with one attached hydrogen (secondary N) is 2. The number of urea groups is 1. The highest BCUT2D eigenvalue weighted by atomic mass is 32.2. The van der Waals surface area contributed by atoms with Gasteiger partial charge in [0.05, 0.1) is 20.7 Å². The van der Waals surface area contributed by atoms with Crippen LogP contribution in [-0.4, -0.2) is 32.3 Å². The number of hydrogen-bond acceptors (Lipinski definition) is 8. The number of nitro groups is 1. The van der Waals surface area contributed by atoms with Gasteiger partial charge in [0.25, 0.3) is 23.1 Å². The van der Waals surface area contributed by atoms with E-state index in [0.717, 1.165) is 17.8 Å². The molecule has 12 heteroatoms. The zero-order valence-corrected chi connectivity index (χ0v) is 17.1. The highest BCUT2D eigenvalue weighted by molar-refractivity contribution is 7.99. The van der Waals surface area contributed by atoms with Gasteiger partial charge >= 0.3 is 6.03 Å². The lowest BCUT2D eigenvalue weighted by Gasteiger charge is -2.14. The van der Waals surface area contributed by atoms with Gasteiger partial charge in [-0.2, -0.15) is 0 Å². The largest absolute Gasteiger partial charge is 0.328 e. The van der Waals surface area contributed by atoms with Crippen molar-refractivity contribution in [3.63, 3.8) is 0 Å². The van der Waals surface area contributed by atoms with Gasteiger partial charge in [-0.1, -0.05) is 18.2 Å². The molecule has 1 saturated heterocycles. The number of fused-ring (bicyclic) bond motifs is 1. The van der Waals surface area contributed by atoms with Crippen molar-refractivity contribution in [2.75, 3.05) is 0 Å². The van der Waals surface area contributed by atoms with E-state index in [1.807, 2.05) is 10.6 Å². The maximum atomic E-state index is 12.6. The van der Waals surface area contributed by atoms with Crippen molar-refractivity contribution in [3.8, 4) is 0 Å². The van der Waals surface area contributed by atoms with Crippen LogP contribution in [-0.2, 0) is 16.6 Å². The third-order valence-corrected chi connectivity index (χ3v) is 5.69. The number of hydrogen-bond donors (Lipinski definition) is 2. The van der Waals surface area contributed by atoms with Crippen LogP contribution in [0.15, 0.2) is 62.9 Å². The van der Waals surface area contributed by atoms with Gasteiger partial charge < -0.3 is 0 Å². The number of nitrogens with zero attached hydrogens (tertiary/aromatic N) is 3. The molecule has 1 fully saturated rings. The van der Waals surface area contributed by atoms with Gasteiger partial charge in [0.15, 0.2) is 5.16 Å². The minimum absolute atomic E-state index is 0.205. The first kappa shape index (κ1) is 20.9. The molecule has 1 aliphatic rings. The van der Waals surface area contributed by atoms with Crippen LogP contribution in [0.25, 0.3) is 17.0 Å². The Labute approximate surface area is 183 Å². The molecule has 32 heavy (non-hydrogen) atoms. The summed E-state index contributed by atoms with van der Waals surface area (Å²) in [5, 5.41) is 16.2. The van der Waals surface area contributed by atoms with Crippen molar-refractivity contribution in [1.29, 1.82) is 0 Å². The van der Waals surface area contributed by atoms with Gasteiger partial charge in [-0.3, -0.25) is 39.7 Å². The number of barbiturate groups is 1. The average Bonchev–Trinajstić information content (AvgIpc) is 2.75. The third-order valence-electron chi connectivity index (χ3n) is 4.58. The van der Waals surface area contributed by atoms with Crippen LogP contribution in [0.5, 0.6) is 0 Å². The lowest BCUT2D eigenvalue weighted by molar-refractivity contribution is -0.387. The number of rotatable bonds is 4. The van der Waals surface area contributed by atoms with E-state index in [1.54, 1.807) is 24.3 Å². The molecule has 1 aliphatic heterocycles. The molecule has 4 amide bonds. The Morgan fingerprint density at radius 2 is 1.75 bits per heavy atom. The monoisotopic (exact) mass is 451 g/mol. The molecule has 11 nitrogen and oxygen atoms in total. The van der Waals surface area contributed by atoms with E-state index in [4.69, 9.17) is 0 Å². The number of imide groups is 2. The van der Waals surface area contributed by atoms with Crippen molar-refractivity contribution >= 4 is 52.3 Å². The SMILES string of the molecule is Cn1c(Sc2ccc(C=C3C(=O)NC(=O)NC3=O)cc2[N+](=O)[O-])nc2ccccc2c1=O. The first-order valence-corrected chi connectivity index (χ1v) is 9.86. The second kappa shape index (κ2) is 8.07. The van der Waals surface area contributed by atoms with Crippen molar-refractivity contribution in [2.45, 2.75) is 10.1 Å². The number of carbonyl (C=O) groups is 3. The maximum Gasteiger partial charge on any atom is 0.328 e. The van der Waals surface area contributed by atoms with E-state index in [2.05, 4.69) is 4.98 Å². The molecule has 0 saturated carbocycles. The van der Waals surface area contributed by atoms with Gasteiger partial charge in [0.1, 0.15) is 5.57 Å². The van der Waals surface area contributed by atoms with Gasteiger partial charge in [0.2, 0.25) is 0 Å². The molecule has 1 aromatic heterocycles. The summed E-state index contributed by atoms with van der Waals surface area (Å²) in [7, 11) is 1.52. The zero-order valence-electron chi connectivity index (χ0n) is 16.3. The summed E-state index contributed by atoms with van der Waals surface area (Å²) in [5.74, 6) is -1.81. The summed E-state index contributed by atoms with van der Waals surface area (Å²) >= 11 is 0.941. The van der Waals surface area contributed by atoms with Crippen molar-refractivity contribution in [3.05, 3.63) is 74.1 Å². The number of benzene rings is 2. The first-order valence-electron chi connectivity index (χ1n) is 9.05. The zero-order chi connectivity index (χ0) is 23.0. The molecule has 2 heterocycles. The van der Waals surface area contributed by atoms with Crippen LogP contribution >= 0.6 is 11.8 Å². The number of carbonyl (C=O) groups excluding carboxylic acids is 3. The Morgan fingerprint density at radius 3 is 2.44 bits per heavy atom. The van der Waals surface area contributed by atoms with Gasteiger partial charge in [-0.25, -0.2) is 9.78 Å². The van der Waals surface area contributed by atoms with Crippen molar-refractivity contribution < 1.29 is 19.3 Å². The fourth-order valence-electron chi connectivity index (χ4n) is 3.01. The number of amides is 4. The lowest BCUT2D eigenvalue weighted by Crippen LogP contribution is -2.51. The minimum Gasteiger partial charge on any atom is -0.290 e. The lowest BCUT2D eigenvalue weighted by atomic mass is 10.1. The highest BCUT2D eigenvalue weighted by Gasteiger charge is 2.28. The number of para-hydroxylation sites is 1. The molecule has 0 spiro atoms. The minimum atomic E-state index is -0.941. The summed E-state index contributed by atoms with van der Waals surface area (Å²) in [6.07, 6.45) is 1.14. The van der Waals surface area contributed by atoms with Gasteiger partial charge in [-0.05, 0) is 41.6 Å². The highest BCUT2D eigenvalue weighted by Crippen LogP contribution is 2.35. The van der Waals surface area contributed by atoms with Crippen molar-refractivity contribution in [2.24, 2.45) is 7.05 Å². The van der Waals surface area contributed by atoms with Crippen LogP contribution in [0.1, 0.15) is 5.56 Å². The van der Waals surface area contributed by atoms with Gasteiger partial charge in [-0.15, -0.1) is 0 Å². The number of nitro benzene ring substituents is 1. The quantitative estimate of drug-likeness (QED) is 0.200. The summed E-state index contributed by atoms with van der Waals surface area (Å²) in [4.78, 5) is 63.2. The average molecular weight is 451 g/mol. The predicted molar refractivity (Wildman–Crippen MR) is 114 cm³/mol. The van der Waals surface area contributed by atoms with Crippen LogP contribution < -0.4 is 16.2 Å². The maximum absolute atomic E-state index is 12.6. The van der Waals surface area contributed by atoms with Crippen molar-refractivity contribution in [1.82, 2.24) is 20.2 Å². The standard InChI is InChI=1S/C20H13N5O6S/c1-24-18(28)11-4-2-3-5-13(11)21-20(24)32-15-7-6-10(9-14(15)25(30)31)8-12-16(26)22-19(29)23-17(12)27/h2-9H,1H3,(H2,22,23,26,27,29). The van der Waals surface area contributed by atoms with Crippen LogP contribution in [0.4, 0.5) is 10.5 Å². The normalized spacial score (nSPS) is 13.7. The smallest absolute Gasteiger partial charge is 0.290 e. The Kier molecular flexibility index (Phi) is 5.28. The van der Waals surface area contributed by atoms with Gasteiger partial charge in [0, 0.05) is 13.1 Å². The molecule has 2 aromatic carbocycles. The summed E-state index contributed by atoms with van der Waals surface area (Å²) < 4.78 is 1.31. The van der Waals surface area contributed by atoms with E-state index in [-0.39, 0.29) is 32.4 Å². The molecule has 0 radical (unpaired) electrons. The fourth-order valence-corrected chi connectivity index (χ4v) is 3.95. The molecule has 4 rings (SSSR count). The summed E-state index contributed by atoms with van der Waals surface area (Å²) in [6, 6.07) is 9.93. The topological polar surface area (TPSA) is 153 Å². The molecule has 0 unspecified atom stereocenters. The van der Waals surface area contributed by atoms with E-state index in [9.17, 15) is 29.3 Å². The molecule has 3 aromatic rings. The van der Waals surface area contributed by atoms with E-state index >= 15 is 0 Å². The van der Waals surface area contributed by atoms with E-state index in [1.165, 1.54) is 29.8 Å². The van der Waals surface area contributed by atoms with Crippen LogP contribution in [0.2, 0.25) is 0 Å². The molecular weight excluding hydrogens is 438 g/mol. The third kappa shape index (κ3) is 3.86. The Hall–Kier alpha value is -4.32. The molecule has 2 N–H and O–H groups in total. The second-order valence-electron chi connectivity index (χ2n) is 6.66. The number of aromatic nitrogens is 2. The molecule has 0 aliphatic carbocycles. The summed E-state index contributed by atoms with van der Waals surface area (Å²) in [5.41, 5.74) is -0.287. The second-order valence-corrected chi connectivity index (χ2v) is 7.67. The van der Waals surface area contributed by atoms with Crippen LogP contribution in [0.3, 0.4) is 0 Å². The molecule has 160 valence electrons. The van der Waals surface area contributed by atoms with E-state index in [0.29, 0.717) is 10.9 Å².